The topological polar surface area (TPSA) is 34.0 Å². The Labute approximate surface area is 128 Å². The number of aromatic nitrogens is 1. The number of benzene rings is 2. The molecule has 0 radical (unpaired) electrons. The van der Waals surface area contributed by atoms with Crippen molar-refractivity contribution in [2.45, 2.75) is 20.4 Å². The number of halogens is 1. The molecule has 3 aromatic rings. The Bertz CT molecular complexity index is 851. The van der Waals surface area contributed by atoms with E-state index in [-0.39, 0.29) is 11.6 Å². The number of hydrogen-bond acceptors (Lipinski definition) is 1. The normalized spacial score (nSPS) is 10.9. The smallest absolute Gasteiger partial charge is 0.272 e. The van der Waals surface area contributed by atoms with Crippen LogP contribution in [0.1, 0.15) is 23.0 Å². The van der Waals surface area contributed by atoms with Crippen LogP contribution in [0.2, 0.25) is 0 Å². The fourth-order valence-electron chi connectivity index (χ4n) is 2.84. The summed E-state index contributed by atoms with van der Waals surface area (Å²) in [6.07, 6.45) is 0. The number of anilines is 1. The molecular weight excluding hydrogens is 279 g/mol. The van der Waals surface area contributed by atoms with Crippen LogP contribution in [0.3, 0.4) is 0 Å². The molecule has 0 saturated carbocycles. The Morgan fingerprint density at radius 3 is 2.55 bits per heavy atom. The highest BCUT2D eigenvalue weighted by atomic mass is 19.1. The Hall–Kier alpha value is -2.62. The molecule has 1 heterocycles. The zero-order valence-corrected chi connectivity index (χ0v) is 12.6. The molecule has 0 atom stereocenters. The van der Waals surface area contributed by atoms with E-state index in [9.17, 15) is 9.18 Å². The number of carbonyl (C=O) groups excluding carboxylic acids is 1. The van der Waals surface area contributed by atoms with Gasteiger partial charge in [0.25, 0.3) is 5.91 Å². The number of aryl methyl sites for hydroxylation is 2. The summed E-state index contributed by atoms with van der Waals surface area (Å²) in [5.41, 5.74) is 2.69. The molecule has 3 rings (SSSR count). The number of fused-ring (bicyclic) bond motifs is 1. The van der Waals surface area contributed by atoms with E-state index < -0.39 is 5.82 Å². The maximum atomic E-state index is 13.7. The van der Waals surface area contributed by atoms with Gasteiger partial charge in [0.1, 0.15) is 11.5 Å². The highest BCUT2D eigenvalue weighted by Crippen LogP contribution is 2.26. The average molecular weight is 296 g/mol. The van der Waals surface area contributed by atoms with Gasteiger partial charge >= 0.3 is 0 Å². The number of amides is 1. The third-order valence-electron chi connectivity index (χ3n) is 3.88. The van der Waals surface area contributed by atoms with Gasteiger partial charge in [-0.05, 0) is 37.6 Å². The first-order valence-electron chi connectivity index (χ1n) is 7.27. The number of para-hydroxylation sites is 2. The summed E-state index contributed by atoms with van der Waals surface area (Å²) in [5.74, 6) is -0.728. The summed E-state index contributed by atoms with van der Waals surface area (Å²) in [4.78, 5) is 12.6. The molecule has 0 spiro atoms. The first-order chi connectivity index (χ1) is 10.6. The van der Waals surface area contributed by atoms with Gasteiger partial charge in [-0.1, -0.05) is 30.3 Å². The lowest BCUT2D eigenvalue weighted by Crippen LogP contribution is -2.18. The van der Waals surface area contributed by atoms with E-state index in [1.807, 2.05) is 42.7 Å². The highest BCUT2D eigenvalue weighted by Gasteiger charge is 2.20. The monoisotopic (exact) mass is 296 g/mol. The quantitative estimate of drug-likeness (QED) is 0.765. The second kappa shape index (κ2) is 5.64. The molecule has 22 heavy (non-hydrogen) atoms. The molecule has 0 aliphatic heterocycles. The van der Waals surface area contributed by atoms with Crippen LogP contribution >= 0.6 is 0 Å². The minimum atomic E-state index is -0.437. The lowest BCUT2D eigenvalue weighted by atomic mass is 10.1. The van der Waals surface area contributed by atoms with E-state index in [1.165, 1.54) is 6.07 Å². The van der Waals surface area contributed by atoms with Crippen LogP contribution in [0.5, 0.6) is 0 Å². The van der Waals surface area contributed by atoms with Crippen LogP contribution in [-0.4, -0.2) is 10.5 Å². The summed E-state index contributed by atoms with van der Waals surface area (Å²) >= 11 is 0. The number of carbonyl (C=O) groups is 1. The number of hydrogen-bond donors (Lipinski definition) is 1. The molecule has 2 aromatic carbocycles. The molecule has 1 N–H and O–H groups in total. The fraction of sp³-hybridized carbons (Fsp3) is 0.167. The standard InChI is InChI=1S/C18H17FN2O/c1-3-21-16-11-7-4-8-13(16)12(2)17(21)18(22)20-15-10-6-5-9-14(15)19/h4-11H,3H2,1-2H3,(H,20,22). The molecule has 4 heteroatoms. The van der Waals surface area contributed by atoms with E-state index in [1.54, 1.807) is 18.2 Å². The van der Waals surface area contributed by atoms with Crippen molar-refractivity contribution in [1.29, 1.82) is 0 Å². The minimum Gasteiger partial charge on any atom is -0.337 e. The third kappa shape index (κ3) is 2.26. The van der Waals surface area contributed by atoms with Crippen molar-refractivity contribution in [2.24, 2.45) is 0 Å². The third-order valence-corrected chi connectivity index (χ3v) is 3.88. The maximum Gasteiger partial charge on any atom is 0.272 e. The Kier molecular flexibility index (Phi) is 3.67. The van der Waals surface area contributed by atoms with Gasteiger partial charge in [0.15, 0.2) is 0 Å². The van der Waals surface area contributed by atoms with Crippen molar-refractivity contribution >= 4 is 22.5 Å². The van der Waals surface area contributed by atoms with Gasteiger partial charge < -0.3 is 9.88 Å². The van der Waals surface area contributed by atoms with Gasteiger partial charge in [-0.3, -0.25) is 4.79 Å². The van der Waals surface area contributed by atoms with Crippen molar-refractivity contribution in [3.8, 4) is 0 Å². The molecule has 1 aromatic heterocycles. The summed E-state index contributed by atoms with van der Waals surface area (Å²) in [7, 11) is 0. The Morgan fingerprint density at radius 2 is 1.82 bits per heavy atom. The van der Waals surface area contributed by atoms with Crippen molar-refractivity contribution in [2.75, 3.05) is 5.32 Å². The summed E-state index contributed by atoms with van der Waals surface area (Å²) < 4.78 is 15.7. The maximum absolute atomic E-state index is 13.7. The predicted molar refractivity (Wildman–Crippen MR) is 86.7 cm³/mol. The van der Waals surface area contributed by atoms with Crippen molar-refractivity contribution in [1.82, 2.24) is 4.57 Å². The zero-order valence-electron chi connectivity index (χ0n) is 12.6. The second-order valence-corrected chi connectivity index (χ2v) is 5.17. The lowest BCUT2D eigenvalue weighted by Gasteiger charge is -2.10. The zero-order chi connectivity index (χ0) is 15.7. The van der Waals surface area contributed by atoms with Crippen LogP contribution in [-0.2, 0) is 6.54 Å². The van der Waals surface area contributed by atoms with Crippen LogP contribution < -0.4 is 5.32 Å². The SMILES string of the molecule is CCn1c(C(=O)Nc2ccccc2F)c(C)c2ccccc21. The molecule has 0 fully saturated rings. The molecule has 1 amide bonds. The van der Waals surface area contributed by atoms with E-state index in [2.05, 4.69) is 5.32 Å². The lowest BCUT2D eigenvalue weighted by molar-refractivity contribution is 0.101. The number of nitrogens with one attached hydrogen (secondary N) is 1. The summed E-state index contributed by atoms with van der Waals surface area (Å²) in [5, 5.41) is 3.71. The first-order valence-corrected chi connectivity index (χ1v) is 7.27. The average Bonchev–Trinajstić information content (AvgIpc) is 2.82. The Balaban J connectivity index is 2.08. The van der Waals surface area contributed by atoms with Crippen LogP contribution in [0, 0.1) is 12.7 Å². The van der Waals surface area contributed by atoms with E-state index >= 15 is 0 Å². The predicted octanol–water partition coefficient (Wildman–Crippen LogP) is 4.36. The number of rotatable bonds is 3. The van der Waals surface area contributed by atoms with Gasteiger partial charge in [0.05, 0.1) is 5.69 Å². The summed E-state index contributed by atoms with van der Waals surface area (Å²) in [6.45, 7) is 4.59. The second-order valence-electron chi connectivity index (χ2n) is 5.17. The molecule has 0 saturated heterocycles. The van der Waals surface area contributed by atoms with Crippen LogP contribution in [0.4, 0.5) is 10.1 Å². The molecule has 0 aliphatic rings. The van der Waals surface area contributed by atoms with Crippen molar-refractivity contribution < 1.29 is 9.18 Å². The van der Waals surface area contributed by atoms with E-state index in [0.717, 1.165) is 16.5 Å². The van der Waals surface area contributed by atoms with E-state index in [4.69, 9.17) is 0 Å². The molecular formula is C18H17FN2O. The molecule has 112 valence electrons. The molecule has 0 unspecified atom stereocenters. The van der Waals surface area contributed by atoms with Gasteiger partial charge in [-0.25, -0.2) is 4.39 Å². The van der Waals surface area contributed by atoms with Crippen LogP contribution in [0.15, 0.2) is 48.5 Å². The van der Waals surface area contributed by atoms with Gasteiger partial charge in [-0.15, -0.1) is 0 Å². The van der Waals surface area contributed by atoms with Gasteiger partial charge in [0, 0.05) is 17.4 Å². The summed E-state index contributed by atoms with van der Waals surface area (Å²) in [6, 6.07) is 14.1. The minimum absolute atomic E-state index is 0.194. The van der Waals surface area contributed by atoms with Crippen molar-refractivity contribution in [3.05, 3.63) is 65.6 Å². The first kappa shape index (κ1) is 14.3. The van der Waals surface area contributed by atoms with Crippen LogP contribution in [0.25, 0.3) is 10.9 Å². The molecule has 0 aliphatic carbocycles. The largest absolute Gasteiger partial charge is 0.337 e. The fourth-order valence-corrected chi connectivity index (χ4v) is 2.84. The molecule has 0 bridgehead atoms. The Morgan fingerprint density at radius 1 is 1.14 bits per heavy atom. The van der Waals surface area contributed by atoms with Crippen molar-refractivity contribution in [3.63, 3.8) is 0 Å². The van der Waals surface area contributed by atoms with Gasteiger partial charge in [0.2, 0.25) is 0 Å². The number of nitrogens with zero attached hydrogens (tertiary/aromatic N) is 1. The van der Waals surface area contributed by atoms with Gasteiger partial charge in [-0.2, -0.15) is 0 Å². The highest BCUT2D eigenvalue weighted by molar-refractivity contribution is 6.08. The van der Waals surface area contributed by atoms with E-state index in [0.29, 0.717) is 12.2 Å². The molecule has 3 nitrogen and oxygen atoms in total.